The molecule has 0 aliphatic carbocycles. The lowest BCUT2D eigenvalue weighted by Crippen LogP contribution is -2.29. The second kappa shape index (κ2) is 6.41. The summed E-state index contributed by atoms with van der Waals surface area (Å²) >= 11 is 3.40. The Labute approximate surface area is 131 Å². The van der Waals surface area contributed by atoms with Crippen molar-refractivity contribution in [1.29, 1.82) is 0 Å². The topological polar surface area (TPSA) is 56.1 Å². The maximum Gasteiger partial charge on any atom is 0.254 e. The standard InChI is InChI=1S/C15H16BrN3O2/c16-13-1-3-14(4-2-13)19-9-12(8-18-19)15(20)17-7-11-5-6-21-10-11/h1-4,8-9,11H,5-7,10H2,(H,17,20). The molecule has 0 radical (unpaired) electrons. The van der Waals surface area contributed by atoms with E-state index in [1.54, 1.807) is 17.1 Å². The van der Waals surface area contributed by atoms with Gasteiger partial charge in [-0.1, -0.05) is 15.9 Å². The highest BCUT2D eigenvalue weighted by Crippen LogP contribution is 2.14. The number of carbonyl (C=O) groups is 1. The number of halogens is 1. The summed E-state index contributed by atoms with van der Waals surface area (Å²) in [6, 6.07) is 7.76. The molecule has 0 saturated carbocycles. The lowest BCUT2D eigenvalue weighted by Gasteiger charge is -2.08. The molecule has 1 aliphatic rings. The molecule has 1 atom stereocenters. The Morgan fingerprint density at radius 3 is 2.95 bits per heavy atom. The summed E-state index contributed by atoms with van der Waals surface area (Å²) in [5, 5.41) is 7.17. The van der Waals surface area contributed by atoms with Gasteiger partial charge in [-0.25, -0.2) is 4.68 Å². The molecule has 0 spiro atoms. The van der Waals surface area contributed by atoms with E-state index in [0.717, 1.165) is 29.8 Å². The van der Waals surface area contributed by atoms with Gasteiger partial charge < -0.3 is 10.1 Å². The molecule has 1 amide bonds. The third-order valence-corrected chi connectivity index (χ3v) is 4.04. The van der Waals surface area contributed by atoms with Gasteiger partial charge in [0.05, 0.1) is 24.1 Å². The molecule has 6 heteroatoms. The van der Waals surface area contributed by atoms with Gasteiger partial charge in [0, 0.05) is 29.7 Å². The minimum atomic E-state index is -0.0924. The van der Waals surface area contributed by atoms with Crippen molar-refractivity contribution in [3.8, 4) is 5.69 Å². The Hall–Kier alpha value is -1.66. The number of hydrogen-bond acceptors (Lipinski definition) is 3. The predicted molar refractivity (Wildman–Crippen MR) is 82.5 cm³/mol. The summed E-state index contributed by atoms with van der Waals surface area (Å²) in [6.45, 7) is 2.18. The second-order valence-electron chi connectivity index (χ2n) is 5.09. The number of amides is 1. The van der Waals surface area contributed by atoms with Gasteiger partial charge >= 0.3 is 0 Å². The molecule has 1 N–H and O–H groups in total. The monoisotopic (exact) mass is 349 g/mol. The van der Waals surface area contributed by atoms with Crippen LogP contribution in [0.1, 0.15) is 16.8 Å². The highest BCUT2D eigenvalue weighted by atomic mass is 79.9. The van der Waals surface area contributed by atoms with Crippen LogP contribution in [0.5, 0.6) is 0 Å². The summed E-state index contributed by atoms with van der Waals surface area (Å²) in [5.74, 6) is 0.334. The van der Waals surface area contributed by atoms with E-state index >= 15 is 0 Å². The molecule has 110 valence electrons. The number of nitrogens with one attached hydrogen (secondary N) is 1. The first-order chi connectivity index (χ1) is 10.2. The smallest absolute Gasteiger partial charge is 0.254 e. The second-order valence-corrected chi connectivity index (χ2v) is 6.01. The van der Waals surface area contributed by atoms with Gasteiger partial charge in [0.25, 0.3) is 5.91 Å². The number of benzene rings is 1. The summed E-state index contributed by atoms with van der Waals surface area (Å²) in [7, 11) is 0. The SMILES string of the molecule is O=C(NCC1CCOC1)c1cnn(-c2ccc(Br)cc2)c1. The van der Waals surface area contributed by atoms with Crippen LogP contribution in [-0.2, 0) is 4.74 Å². The summed E-state index contributed by atoms with van der Waals surface area (Å²) in [4.78, 5) is 12.1. The van der Waals surface area contributed by atoms with Crippen molar-refractivity contribution in [1.82, 2.24) is 15.1 Å². The lowest BCUT2D eigenvalue weighted by atomic mass is 10.1. The minimum absolute atomic E-state index is 0.0924. The van der Waals surface area contributed by atoms with Crippen molar-refractivity contribution in [3.05, 3.63) is 46.7 Å². The van der Waals surface area contributed by atoms with Crippen LogP contribution in [0.4, 0.5) is 0 Å². The van der Waals surface area contributed by atoms with Gasteiger partial charge in [-0.15, -0.1) is 0 Å². The van der Waals surface area contributed by atoms with Crippen molar-refractivity contribution in [2.24, 2.45) is 5.92 Å². The van der Waals surface area contributed by atoms with E-state index < -0.39 is 0 Å². The number of aromatic nitrogens is 2. The Bertz CT molecular complexity index is 618. The molecule has 3 rings (SSSR count). The van der Waals surface area contributed by atoms with Gasteiger partial charge in [-0.3, -0.25) is 4.79 Å². The van der Waals surface area contributed by atoms with Crippen LogP contribution in [0, 0.1) is 5.92 Å². The largest absolute Gasteiger partial charge is 0.381 e. The van der Waals surface area contributed by atoms with E-state index in [9.17, 15) is 4.79 Å². The van der Waals surface area contributed by atoms with Crippen LogP contribution >= 0.6 is 15.9 Å². The van der Waals surface area contributed by atoms with Crippen molar-refractivity contribution in [2.75, 3.05) is 19.8 Å². The zero-order chi connectivity index (χ0) is 14.7. The molecule has 1 fully saturated rings. The molecule has 1 aromatic heterocycles. The Morgan fingerprint density at radius 1 is 1.43 bits per heavy atom. The van der Waals surface area contributed by atoms with Gasteiger partial charge in [0.15, 0.2) is 0 Å². The Balaban J connectivity index is 1.63. The number of carbonyl (C=O) groups excluding carboxylic acids is 1. The van der Waals surface area contributed by atoms with E-state index in [4.69, 9.17) is 4.74 Å². The third kappa shape index (κ3) is 3.51. The maximum atomic E-state index is 12.1. The molecule has 2 aromatic rings. The molecular formula is C15H16BrN3O2. The molecule has 5 nitrogen and oxygen atoms in total. The first-order valence-electron chi connectivity index (χ1n) is 6.89. The third-order valence-electron chi connectivity index (χ3n) is 3.51. The molecule has 0 bridgehead atoms. The van der Waals surface area contributed by atoms with Crippen LogP contribution in [0.15, 0.2) is 41.1 Å². The quantitative estimate of drug-likeness (QED) is 0.921. The van der Waals surface area contributed by atoms with E-state index in [0.29, 0.717) is 18.0 Å². The fourth-order valence-electron chi connectivity index (χ4n) is 2.26. The summed E-state index contributed by atoms with van der Waals surface area (Å²) in [5.41, 5.74) is 1.48. The van der Waals surface area contributed by atoms with Crippen LogP contribution in [0.25, 0.3) is 5.69 Å². The van der Waals surface area contributed by atoms with Crippen molar-refractivity contribution >= 4 is 21.8 Å². The molecular weight excluding hydrogens is 334 g/mol. The first kappa shape index (κ1) is 14.3. The number of nitrogens with zero attached hydrogens (tertiary/aromatic N) is 2. The number of rotatable bonds is 4. The van der Waals surface area contributed by atoms with Crippen LogP contribution in [0.2, 0.25) is 0 Å². The Morgan fingerprint density at radius 2 is 2.24 bits per heavy atom. The van der Waals surface area contributed by atoms with Gasteiger partial charge in [-0.2, -0.15) is 5.10 Å². The van der Waals surface area contributed by atoms with Crippen LogP contribution < -0.4 is 5.32 Å². The number of ether oxygens (including phenoxy) is 1. The highest BCUT2D eigenvalue weighted by molar-refractivity contribution is 9.10. The lowest BCUT2D eigenvalue weighted by molar-refractivity contribution is 0.0945. The molecule has 21 heavy (non-hydrogen) atoms. The molecule has 1 aromatic carbocycles. The summed E-state index contributed by atoms with van der Waals surface area (Å²) < 4.78 is 8.00. The molecule has 2 heterocycles. The van der Waals surface area contributed by atoms with Crippen molar-refractivity contribution < 1.29 is 9.53 Å². The average Bonchev–Trinajstić information content (AvgIpc) is 3.17. The molecule has 1 unspecified atom stereocenters. The fraction of sp³-hybridized carbons (Fsp3) is 0.333. The molecule has 1 aliphatic heterocycles. The van der Waals surface area contributed by atoms with Gasteiger partial charge in [0.2, 0.25) is 0 Å². The minimum Gasteiger partial charge on any atom is -0.381 e. The van der Waals surface area contributed by atoms with E-state index in [-0.39, 0.29) is 5.91 Å². The normalized spacial score (nSPS) is 17.9. The van der Waals surface area contributed by atoms with E-state index in [1.165, 1.54) is 0 Å². The van der Waals surface area contributed by atoms with E-state index in [1.807, 2.05) is 24.3 Å². The zero-order valence-electron chi connectivity index (χ0n) is 11.5. The fourth-order valence-corrected chi connectivity index (χ4v) is 2.52. The average molecular weight is 350 g/mol. The van der Waals surface area contributed by atoms with E-state index in [2.05, 4.69) is 26.3 Å². The zero-order valence-corrected chi connectivity index (χ0v) is 13.0. The number of hydrogen-bond donors (Lipinski definition) is 1. The maximum absolute atomic E-state index is 12.1. The van der Waals surface area contributed by atoms with Gasteiger partial charge in [-0.05, 0) is 30.7 Å². The van der Waals surface area contributed by atoms with Crippen molar-refractivity contribution in [3.63, 3.8) is 0 Å². The van der Waals surface area contributed by atoms with Crippen molar-refractivity contribution in [2.45, 2.75) is 6.42 Å². The van der Waals surface area contributed by atoms with Gasteiger partial charge in [0.1, 0.15) is 0 Å². The summed E-state index contributed by atoms with van der Waals surface area (Å²) in [6.07, 6.45) is 4.34. The molecule has 1 saturated heterocycles. The first-order valence-corrected chi connectivity index (χ1v) is 7.68. The Kier molecular flexibility index (Phi) is 4.36. The predicted octanol–water partition coefficient (Wildman–Crippen LogP) is 2.40. The van der Waals surface area contributed by atoms with Crippen LogP contribution in [0.3, 0.4) is 0 Å². The highest BCUT2D eigenvalue weighted by Gasteiger charge is 2.17. The van der Waals surface area contributed by atoms with Crippen LogP contribution in [-0.4, -0.2) is 35.4 Å².